The highest BCUT2D eigenvalue weighted by molar-refractivity contribution is 5.78. The molecule has 0 spiro atoms. The van der Waals surface area contributed by atoms with Crippen molar-refractivity contribution in [3.8, 4) is 11.4 Å². The highest BCUT2D eigenvalue weighted by atomic mass is 19.1. The van der Waals surface area contributed by atoms with Gasteiger partial charge in [0, 0.05) is 18.9 Å². The van der Waals surface area contributed by atoms with E-state index in [1.165, 1.54) is 6.07 Å². The van der Waals surface area contributed by atoms with Crippen molar-refractivity contribution in [2.75, 3.05) is 6.61 Å². The number of carbonyl (C=O) groups is 1. The number of aromatic nitrogens is 2. The highest BCUT2D eigenvalue weighted by Gasteiger charge is 2.09. The molecule has 5 nitrogen and oxygen atoms in total. The first-order valence-corrected chi connectivity index (χ1v) is 8.84. The number of amides is 1. The molecule has 1 heterocycles. The molecule has 0 aliphatic carbocycles. The number of halogens is 1. The molecule has 0 aliphatic heterocycles. The summed E-state index contributed by atoms with van der Waals surface area (Å²) in [5.41, 5.74) is 2.04. The van der Waals surface area contributed by atoms with Crippen molar-refractivity contribution >= 4 is 5.91 Å². The van der Waals surface area contributed by atoms with Gasteiger partial charge < -0.3 is 14.6 Å². The van der Waals surface area contributed by atoms with Crippen LogP contribution in [-0.2, 0) is 17.8 Å². The lowest BCUT2D eigenvalue weighted by atomic mass is 10.1. The number of nitrogens with one attached hydrogen (secondary N) is 1. The van der Waals surface area contributed by atoms with Crippen molar-refractivity contribution < 1.29 is 13.9 Å². The van der Waals surface area contributed by atoms with E-state index < -0.39 is 0 Å². The van der Waals surface area contributed by atoms with Crippen LogP contribution in [0.4, 0.5) is 4.39 Å². The summed E-state index contributed by atoms with van der Waals surface area (Å²) >= 11 is 0. The fourth-order valence-electron chi connectivity index (χ4n) is 2.81. The predicted molar refractivity (Wildman–Crippen MR) is 101 cm³/mol. The Morgan fingerprint density at radius 2 is 1.93 bits per heavy atom. The molecule has 3 aromatic rings. The van der Waals surface area contributed by atoms with Gasteiger partial charge in [0.15, 0.2) is 0 Å². The summed E-state index contributed by atoms with van der Waals surface area (Å²) < 4.78 is 21.5. The first kappa shape index (κ1) is 18.6. The first-order valence-electron chi connectivity index (χ1n) is 8.84. The predicted octanol–water partition coefficient (Wildman–Crippen LogP) is 3.58. The Bertz CT molecular complexity index is 919. The molecule has 1 amide bonds. The fraction of sp³-hybridized carbons (Fsp3) is 0.238. The Hall–Kier alpha value is -3.15. The largest absolute Gasteiger partial charge is 0.494 e. The molecular weight excluding hydrogens is 345 g/mol. The second-order valence-electron chi connectivity index (χ2n) is 6.16. The molecule has 1 aromatic heterocycles. The summed E-state index contributed by atoms with van der Waals surface area (Å²) in [6, 6.07) is 12.4. The van der Waals surface area contributed by atoms with Gasteiger partial charge in [-0.25, -0.2) is 9.37 Å². The van der Waals surface area contributed by atoms with Crippen LogP contribution >= 0.6 is 0 Å². The van der Waals surface area contributed by atoms with Gasteiger partial charge in [0.1, 0.15) is 17.4 Å². The zero-order valence-corrected chi connectivity index (χ0v) is 15.4. The van der Waals surface area contributed by atoms with Crippen LogP contribution in [0.2, 0.25) is 0 Å². The molecular formula is C21H22FN3O2. The number of hydrogen-bond acceptors (Lipinski definition) is 3. The van der Waals surface area contributed by atoms with Crippen LogP contribution in [0.5, 0.6) is 5.75 Å². The summed E-state index contributed by atoms with van der Waals surface area (Å²) in [7, 11) is 0. The molecule has 0 aliphatic rings. The molecule has 3 rings (SSSR count). The third kappa shape index (κ3) is 4.73. The van der Waals surface area contributed by atoms with Crippen molar-refractivity contribution in [2.45, 2.75) is 26.8 Å². The standard InChI is InChI=1S/C21H22FN3O2/c1-3-27-18-7-4-16(5-8-18)13-21(26)24-14-17-6-9-20(19(22)12-17)25-11-10-23-15(25)2/h4-12H,3,13-14H2,1-2H3,(H,24,26). The van der Waals surface area contributed by atoms with E-state index in [4.69, 9.17) is 4.74 Å². The SMILES string of the molecule is CCOc1ccc(CC(=O)NCc2ccc(-n3ccnc3C)c(F)c2)cc1. The second-order valence-corrected chi connectivity index (χ2v) is 6.16. The van der Waals surface area contributed by atoms with E-state index in [2.05, 4.69) is 10.3 Å². The second kappa shape index (κ2) is 8.49. The summed E-state index contributed by atoms with van der Waals surface area (Å²) in [6.07, 6.45) is 3.61. The minimum absolute atomic E-state index is 0.117. The smallest absolute Gasteiger partial charge is 0.224 e. The van der Waals surface area contributed by atoms with Gasteiger partial charge in [-0.15, -0.1) is 0 Å². The zero-order valence-electron chi connectivity index (χ0n) is 15.4. The van der Waals surface area contributed by atoms with Crippen LogP contribution in [0.15, 0.2) is 54.9 Å². The number of ether oxygens (including phenoxy) is 1. The van der Waals surface area contributed by atoms with E-state index >= 15 is 0 Å². The normalized spacial score (nSPS) is 10.6. The highest BCUT2D eigenvalue weighted by Crippen LogP contribution is 2.17. The lowest BCUT2D eigenvalue weighted by molar-refractivity contribution is -0.120. The molecule has 2 aromatic carbocycles. The number of aryl methyl sites for hydroxylation is 1. The summed E-state index contributed by atoms with van der Waals surface area (Å²) in [5, 5.41) is 2.82. The Morgan fingerprint density at radius 3 is 2.56 bits per heavy atom. The Balaban J connectivity index is 1.57. The van der Waals surface area contributed by atoms with Gasteiger partial charge in [0.25, 0.3) is 0 Å². The topological polar surface area (TPSA) is 56.1 Å². The molecule has 0 saturated carbocycles. The fourth-order valence-corrected chi connectivity index (χ4v) is 2.81. The number of benzene rings is 2. The van der Waals surface area contributed by atoms with E-state index in [-0.39, 0.29) is 24.7 Å². The van der Waals surface area contributed by atoms with Crippen LogP contribution in [-0.4, -0.2) is 22.1 Å². The van der Waals surface area contributed by atoms with Crippen LogP contribution in [0.3, 0.4) is 0 Å². The molecule has 0 bridgehead atoms. The maximum absolute atomic E-state index is 14.4. The van der Waals surface area contributed by atoms with E-state index in [0.717, 1.165) is 11.3 Å². The van der Waals surface area contributed by atoms with Gasteiger partial charge in [-0.2, -0.15) is 0 Å². The lowest BCUT2D eigenvalue weighted by Crippen LogP contribution is -2.24. The average molecular weight is 367 g/mol. The number of nitrogens with zero attached hydrogens (tertiary/aromatic N) is 2. The van der Waals surface area contributed by atoms with E-state index in [1.54, 1.807) is 29.1 Å². The van der Waals surface area contributed by atoms with Crippen molar-refractivity contribution in [3.63, 3.8) is 0 Å². The first-order chi connectivity index (χ1) is 13.1. The maximum atomic E-state index is 14.4. The van der Waals surface area contributed by atoms with Crippen molar-refractivity contribution in [3.05, 3.63) is 77.6 Å². The third-order valence-corrected chi connectivity index (χ3v) is 4.19. The van der Waals surface area contributed by atoms with Crippen molar-refractivity contribution in [1.29, 1.82) is 0 Å². The quantitative estimate of drug-likeness (QED) is 0.694. The van der Waals surface area contributed by atoms with E-state index in [1.807, 2.05) is 38.1 Å². The monoisotopic (exact) mass is 367 g/mol. The summed E-state index contributed by atoms with van der Waals surface area (Å²) in [4.78, 5) is 16.2. The molecule has 0 radical (unpaired) electrons. The van der Waals surface area contributed by atoms with Crippen LogP contribution in [0.25, 0.3) is 5.69 Å². The molecule has 0 unspecified atom stereocenters. The molecule has 1 N–H and O–H groups in total. The van der Waals surface area contributed by atoms with Crippen molar-refractivity contribution in [2.24, 2.45) is 0 Å². The minimum atomic E-state index is -0.352. The molecule has 0 atom stereocenters. The molecule has 0 saturated heterocycles. The van der Waals surface area contributed by atoms with Gasteiger partial charge in [0.2, 0.25) is 5.91 Å². The van der Waals surface area contributed by atoms with Gasteiger partial charge in [0.05, 0.1) is 18.7 Å². The number of carbonyl (C=O) groups excluding carboxylic acids is 1. The number of hydrogen-bond donors (Lipinski definition) is 1. The van der Waals surface area contributed by atoms with Gasteiger partial charge in [-0.05, 0) is 49.2 Å². The molecule has 0 fully saturated rings. The summed E-state index contributed by atoms with van der Waals surface area (Å²) in [6.45, 7) is 4.62. The Kier molecular flexibility index (Phi) is 5.86. The number of rotatable bonds is 7. The summed E-state index contributed by atoms with van der Waals surface area (Å²) in [5.74, 6) is 1.03. The molecule has 140 valence electrons. The van der Waals surface area contributed by atoms with Crippen LogP contribution in [0, 0.1) is 12.7 Å². The Morgan fingerprint density at radius 1 is 1.19 bits per heavy atom. The van der Waals surface area contributed by atoms with Gasteiger partial charge >= 0.3 is 0 Å². The molecule has 6 heteroatoms. The zero-order chi connectivity index (χ0) is 19.2. The number of imidazole rings is 1. The minimum Gasteiger partial charge on any atom is -0.494 e. The van der Waals surface area contributed by atoms with Crippen LogP contribution in [0.1, 0.15) is 23.9 Å². The van der Waals surface area contributed by atoms with Gasteiger partial charge in [-0.1, -0.05) is 18.2 Å². The molecule has 27 heavy (non-hydrogen) atoms. The van der Waals surface area contributed by atoms with Crippen molar-refractivity contribution in [1.82, 2.24) is 14.9 Å². The lowest BCUT2D eigenvalue weighted by Gasteiger charge is -2.10. The van der Waals surface area contributed by atoms with Crippen LogP contribution < -0.4 is 10.1 Å². The van der Waals surface area contributed by atoms with E-state index in [9.17, 15) is 9.18 Å². The average Bonchev–Trinajstić information content (AvgIpc) is 3.08. The van der Waals surface area contributed by atoms with Gasteiger partial charge in [-0.3, -0.25) is 4.79 Å². The van der Waals surface area contributed by atoms with E-state index in [0.29, 0.717) is 23.7 Å². The maximum Gasteiger partial charge on any atom is 0.224 e. The Labute approximate surface area is 157 Å². The third-order valence-electron chi connectivity index (χ3n) is 4.19.